The third-order valence-electron chi connectivity index (χ3n) is 4.67. The van der Waals surface area contributed by atoms with Gasteiger partial charge in [0, 0.05) is 31.5 Å². The molecule has 0 aliphatic heterocycles. The summed E-state index contributed by atoms with van der Waals surface area (Å²) < 4.78 is 5.93. The Kier molecular flexibility index (Phi) is 5.63. The van der Waals surface area contributed by atoms with Crippen molar-refractivity contribution in [2.45, 2.75) is 44.6 Å². The standard InChI is InChI=1S/C21H28N2O/c1-23(2)19-11-15-21(16-12-19)24-20-13-9-18(10-14-20)22-17-7-5-3-4-6-8-17/h9-17,22H,3-8H2,1-2H3. The molecule has 1 saturated carbocycles. The Balaban J connectivity index is 1.57. The van der Waals surface area contributed by atoms with E-state index in [1.54, 1.807) is 0 Å². The lowest BCUT2D eigenvalue weighted by Crippen LogP contribution is -2.17. The number of nitrogens with zero attached hydrogens (tertiary/aromatic N) is 1. The second-order valence-corrected chi connectivity index (χ2v) is 6.85. The molecule has 24 heavy (non-hydrogen) atoms. The third-order valence-corrected chi connectivity index (χ3v) is 4.67. The summed E-state index contributed by atoms with van der Waals surface area (Å²) >= 11 is 0. The minimum atomic E-state index is 0.623. The van der Waals surface area contributed by atoms with Crippen LogP contribution < -0.4 is 15.0 Å². The molecule has 1 N–H and O–H groups in total. The number of hydrogen-bond acceptors (Lipinski definition) is 3. The van der Waals surface area contributed by atoms with Gasteiger partial charge in [0.25, 0.3) is 0 Å². The number of hydrogen-bond donors (Lipinski definition) is 1. The van der Waals surface area contributed by atoms with Crippen LogP contribution in [0.25, 0.3) is 0 Å². The van der Waals surface area contributed by atoms with Gasteiger partial charge >= 0.3 is 0 Å². The van der Waals surface area contributed by atoms with Crippen LogP contribution in [0.1, 0.15) is 38.5 Å². The molecule has 0 radical (unpaired) electrons. The first-order valence-electron chi connectivity index (χ1n) is 9.02. The minimum Gasteiger partial charge on any atom is -0.457 e. The van der Waals surface area contributed by atoms with E-state index in [2.05, 4.69) is 34.5 Å². The van der Waals surface area contributed by atoms with Crippen LogP contribution in [0.3, 0.4) is 0 Å². The maximum absolute atomic E-state index is 5.93. The highest BCUT2D eigenvalue weighted by molar-refractivity contribution is 5.50. The van der Waals surface area contributed by atoms with Crippen LogP contribution in [0.4, 0.5) is 11.4 Å². The second-order valence-electron chi connectivity index (χ2n) is 6.85. The first-order valence-corrected chi connectivity index (χ1v) is 9.02. The van der Waals surface area contributed by atoms with E-state index in [0.717, 1.165) is 11.5 Å². The Morgan fingerprint density at radius 3 is 1.88 bits per heavy atom. The van der Waals surface area contributed by atoms with Gasteiger partial charge in [0.1, 0.15) is 11.5 Å². The molecule has 0 atom stereocenters. The van der Waals surface area contributed by atoms with Crippen LogP contribution >= 0.6 is 0 Å². The van der Waals surface area contributed by atoms with Crippen LogP contribution in [-0.2, 0) is 0 Å². The lowest BCUT2D eigenvalue weighted by molar-refractivity contribution is 0.482. The maximum Gasteiger partial charge on any atom is 0.127 e. The van der Waals surface area contributed by atoms with Gasteiger partial charge in [-0.25, -0.2) is 0 Å². The minimum absolute atomic E-state index is 0.623. The smallest absolute Gasteiger partial charge is 0.127 e. The summed E-state index contributed by atoms with van der Waals surface area (Å²) in [4.78, 5) is 2.08. The Labute approximate surface area is 145 Å². The van der Waals surface area contributed by atoms with E-state index < -0.39 is 0 Å². The molecule has 2 aromatic rings. The van der Waals surface area contributed by atoms with Crippen molar-refractivity contribution >= 4 is 11.4 Å². The van der Waals surface area contributed by atoms with Crippen molar-refractivity contribution in [2.24, 2.45) is 0 Å². The van der Waals surface area contributed by atoms with Gasteiger partial charge in [0.15, 0.2) is 0 Å². The molecule has 3 nitrogen and oxygen atoms in total. The van der Waals surface area contributed by atoms with Crippen molar-refractivity contribution in [1.82, 2.24) is 0 Å². The van der Waals surface area contributed by atoms with Crippen LogP contribution in [0.5, 0.6) is 11.5 Å². The zero-order chi connectivity index (χ0) is 16.8. The van der Waals surface area contributed by atoms with Crippen molar-refractivity contribution < 1.29 is 4.74 Å². The molecule has 0 aromatic heterocycles. The predicted molar refractivity (Wildman–Crippen MR) is 102 cm³/mol. The first-order chi connectivity index (χ1) is 11.7. The molecular formula is C21H28N2O. The van der Waals surface area contributed by atoms with Gasteiger partial charge in [0.05, 0.1) is 0 Å². The van der Waals surface area contributed by atoms with E-state index in [1.807, 2.05) is 38.4 Å². The summed E-state index contributed by atoms with van der Waals surface area (Å²) in [6, 6.07) is 17.1. The zero-order valence-electron chi connectivity index (χ0n) is 14.8. The van der Waals surface area contributed by atoms with Crippen molar-refractivity contribution in [3.63, 3.8) is 0 Å². The summed E-state index contributed by atoms with van der Waals surface area (Å²) in [5, 5.41) is 3.67. The molecular weight excluding hydrogens is 296 g/mol. The summed E-state index contributed by atoms with van der Waals surface area (Å²) in [5.41, 5.74) is 2.36. The molecule has 3 rings (SSSR count). The van der Waals surface area contributed by atoms with Crippen molar-refractivity contribution in [3.05, 3.63) is 48.5 Å². The molecule has 0 bridgehead atoms. The number of benzene rings is 2. The Hall–Kier alpha value is -2.16. The van der Waals surface area contributed by atoms with E-state index in [4.69, 9.17) is 4.74 Å². The van der Waals surface area contributed by atoms with Gasteiger partial charge < -0.3 is 15.0 Å². The third kappa shape index (κ3) is 4.67. The monoisotopic (exact) mass is 324 g/mol. The quantitative estimate of drug-likeness (QED) is 0.716. The van der Waals surface area contributed by atoms with Crippen molar-refractivity contribution in [2.75, 3.05) is 24.3 Å². The normalized spacial score (nSPS) is 15.6. The fourth-order valence-electron chi connectivity index (χ4n) is 3.23. The Morgan fingerprint density at radius 1 is 0.792 bits per heavy atom. The molecule has 0 saturated heterocycles. The molecule has 1 aliphatic rings. The van der Waals surface area contributed by atoms with Crippen molar-refractivity contribution in [3.8, 4) is 11.5 Å². The molecule has 1 aliphatic carbocycles. The van der Waals surface area contributed by atoms with E-state index in [1.165, 1.54) is 49.9 Å². The van der Waals surface area contributed by atoms with Crippen LogP contribution in [0.2, 0.25) is 0 Å². The van der Waals surface area contributed by atoms with Crippen LogP contribution in [0.15, 0.2) is 48.5 Å². The molecule has 0 amide bonds. The largest absolute Gasteiger partial charge is 0.457 e. The predicted octanol–water partition coefficient (Wildman–Crippen LogP) is 5.68. The zero-order valence-corrected chi connectivity index (χ0v) is 14.8. The number of ether oxygens (including phenoxy) is 1. The number of rotatable bonds is 5. The lowest BCUT2D eigenvalue weighted by atomic mass is 10.1. The number of nitrogens with one attached hydrogen (secondary N) is 1. The van der Waals surface area contributed by atoms with Crippen LogP contribution in [-0.4, -0.2) is 20.1 Å². The van der Waals surface area contributed by atoms with Gasteiger partial charge in [-0.1, -0.05) is 25.7 Å². The SMILES string of the molecule is CN(C)c1ccc(Oc2ccc(NC3CCCCCC3)cc2)cc1. The molecule has 128 valence electrons. The molecule has 3 heteroatoms. The van der Waals surface area contributed by atoms with E-state index >= 15 is 0 Å². The highest BCUT2D eigenvalue weighted by Gasteiger charge is 2.11. The molecule has 0 unspecified atom stereocenters. The van der Waals surface area contributed by atoms with E-state index in [-0.39, 0.29) is 0 Å². The van der Waals surface area contributed by atoms with Crippen LogP contribution in [0, 0.1) is 0 Å². The molecule has 0 heterocycles. The Bertz CT molecular complexity index is 611. The molecule has 1 fully saturated rings. The lowest BCUT2D eigenvalue weighted by Gasteiger charge is -2.18. The van der Waals surface area contributed by atoms with Gasteiger partial charge in [-0.2, -0.15) is 0 Å². The molecule has 2 aromatic carbocycles. The Morgan fingerprint density at radius 2 is 1.33 bits per heavy atom. The topological polar surface area (TPSA) is 24.5 Å². The highest BCUT2D eigenvalue weighted by Crippen LogP contribution is 2.26. The fourth-order valence-corrected chi connectivity index (χ4v) is 3.23. The maximum atomic E-state index is 5.93. The van der Waals surface area contributed by atoms with E-state index in [0.29, 0.717) is 6.04 Å². The average Bonchev–Trinajstić information content (AvgIpc) is 2.86. The summed E-state index contributed by atoms with van der Waals surface area (Å²) in [7, 11) is 4.08. The van der Waals surface area contributed by atoms with Gasteiger partial charge in [-0.15, -0.1) is 0 Å². The number of anilines is 2. The van der Waals surface area contributed by atoms with Gasteiger partial charge in [-0.05, 0) is 61.4 Å². The summed E-state index contributed by atoms with van der Waals surface area (Å²) in [6.07, 6.45) is 8.05. The summed E-state index contributed by atoms with van der Waals surface area (Å²) in [5.74, 6) is 1.74. The molecule has 0 spiro atoms. The second kappa shape index (κ2) is 8.09. The first kappa shape index (κ1) is 16.7. The average molecular weight is 324 g/mol. The van der Waals surface area contributed by atoms with E-state index in [9.17, 15) is 0 Å². The fraction of sp³-hybridized carbons (Fsp3) is 0.429. The van der Waals surface area contributed by atoms with Gasteiger partial charge in [0.2, 0.25) is 0 Å². The van der Waals surface area contributed by atoms with Crippen molar-refractivity contribution in [1.29, 1.82) is 0 Å². The van der Waals surface area contributed by atoms with Gasteiger partial charge in [-0.3, -0.25) is 0 Å². The highest BCUT2D eigenvalue weighted by atomic mass is 16.5. The summed E-state index contributed by atoms with van der Waals surface area (Å²) in [6.45, 7) is 0.